The summed E-state index contributed by atoms with van der Waals surface area (Å²) in [6.45, 7) is 1.66. The van der Waals surface area contributed by atoms with Crippen LogP contribution in [0.15, 0.2) is 60.7 Å². The second-order valence-corrected chi connectivity index (χ2v) is 7.18. The van der Waals surface area contributed by atoms with E-state index in [4.69, 9.17) is 4.74 Å². The van der Waals surface area contributed by atoms with Crippen LogP contribution in [-0.4, -0.2) is 30.1 Å². The maximum absolute atomic E-state index is 13.5. The van der Waals surface area contributed by atoms with Crippen LogP contribution >= 0.6 is 0 Å². The Hall–Kier alpha value is -1.78. The summed E-state index contributed by atoms with van der Waals surface area (Å²) in [6.07, 6.45) is -0.141. The van der Waals surface area contributed by atoms with E-state index in [9.17, 15) is 8.78 Å². The van der Waals surface area contributed by atoms with E-state index in [1.165, 1.54) is 18.2 Å². The van der Waals surface area contributed by atoms with Gasteiger partial charge in [0.1, 0.15) is 5.60 Å². The van der Waals surface area contributed by atoms with Crippen molar-refractivity contribution in [2.24, 2.45) is 0 Å². The van der Waals surface area contributed by atoms with Crippen LogP contribution in [0.1, 0.15) is 36.8 Å². The van der Waals surface area contributed by atoms with E-state index in [1.807, 2.05) is 36.4 Å². The van der Waals surface area contributed by atoms with Crippen molar-refractivity contribution in [1.29, 1.82) is 0 Å². The minimum Gasteiger partial charge on any atom is -0.372 e. The maximum atomic E-state index is 13.5. The lowest BCUT2D eigenvalue weighted by Crippen LogP contribution is -2.48. The van der Waals surface area contributed by atoms with Gasteiger partial charge in [0, 0.05) is 26.2 Å². The predicted octanol–water partition coefficient (Wildman–Crippen LogP) is 5.28. The molecule has 2 aromatic rings. The number of nitrogens with zero attached hydrogens (tertiary/aromatic N) is 1. The van der Waals surface area contributed by atoms with Gasteiger partial charge in [0.05, 0.1) is 0 Å². The zero-order valence-corrected chi connectivity index (χ0v) is 15.3. The second kappa shape index (κ2) is 8.74. The SMILES string of the molecule is COC1(C(F)F)CCC(N(Cc2ccccc2)Cc2ccccc2)CC1. The van der Waals surface area contributed by atoms with Crippen LogP contribution in [0.2, 0.25) is 0 Å². The predicted molar refractivity (Wildman–Crippen MR) is 100 cm³/mol. The highest BCUT2D eigenvalue weighted by atomic mass is 19.3. The Balaban J connectivity index is 1.73. The van der Waals surface area contributed by atoms with E-state index in [1.54, 1.807) is 0 Å². The van der Waals surface area contributed by atoms with Crippen LogP contribution in [-0.2, 0) is 17.8 Å². The van der Waals surface area contributed by atoms with E-state index < -0.39 is 12.0 Å². The summed E-state index contributed by atoms with van der Waals surface area (Å²) in [7, 11) is 1.41. The molecule has 0 saturated heterocycles. The van der Waals surface area contributed by atoms with Gasteiger partial charge < -0.3 is 4.74 Å². The highest BCUT2D eigenvalue weighted by Crippen LogP contribution is 2.38. The number of alkyl halides is 2. The fraction of sp³-hybridized carbons (Fsp3) is 0.455. The van der Waals surface area contributed by atoms with Crippen molar-refractivity contribution in [3.05, 3.63) is 71.8 Å². The third-order valence-electron chi connectivity index (χ3n) is 5.58. The minimum atomic E-state index is -2.43. The Morgan fingerprint density at radius 2 is 1.38 bits per heavy atom. The largest absolute Gasteiger partial charge is 0.372 e. The molecule has 1 aliphatic rings. The van der Waals surface area contributed by atoms with Crippen LogP contribution in [0, 0.1) is 0 Å². The molecule has 1 saturated carbocycles. The number of rotatable bonds is 7. The topological polar surface area (TPSA) is 12.5 Å². The van der Waals surface area contributed by atoms with Gasteiger partial charge in [-0.25, -0.2) is 8.78 Å². The van der Waals surface area contributed by atoms with Crippen LogP contribution in [0.25, 0.3) is 0 Å². The van der Waals surface area contributed by atoms with Crippen molar-refractivity contribution in [3.8, 4) is 0 Å². The summed E-state index contributed by atoms with van der Waals surface area (Å²) in [5.74, 6) is 0. The third-order valence-corrected chi connectivity index (χ3v) is 5.58. The van der Waals surface area contributed by atoms with Gasteiger partial charge in [-0.05, 0) is 36.8 Å². The van der Waals surface area contributed by atoms with Crippen LogP contribution in [0.3, 0.4) is 0 Å². The highest BCUT2D eigenvalue weighted by Gasteiger charge is 2.44. The molecular formula is C22H27F2NO. The molecule has 2 aromatic carbocycles. The molecular weight excluding hydrogens is 332 g/mol. The van der Waals surface area contributed by atoms with Crippen LogP contribution < -0.4 is 0 Å². The Morgan fingerprint density at radius 3 is 1.77 bits per heavy atom. The van der Waals surface area contributed by atoms with Gasteiger partial charge in [0.25, 0.3) is 6.43 Å². The van der Waals surface area contributed by atoms with Crippen molar-refractivity contribution < 1.29 is 13.5 Å². The smallest absolute Gasteiger partial charge is 0.267 e. The van der Waals surface area contributed by atoms with E-state index in [0.717, 1.165) is 25.9 Å². The first kappa shape index (κ1) is 19.0. The van der Waals surface area contributed by atoms with Gasteiger partial charge in [0.2, 0.25) is 0 Å². The third kappa shape index (κ3) is 4.49. The Kier molecular flexibility index (Phi) is 6.38. The van der Waals surface area contributed by atoms with Crippen LogP contribution in [0.4, 0.5) is 8.78 Å². The first-order chi connectivity index (χ1) is 12.6. The molecule has 0 bridgehead atoms. The summed E-state index contributed by atoms with van der Waals surface area (Å²) < 4.78 is 32.2. The average molecular weight is 359 g/mol. The molecule has 0 amide bonds. The molecule has 26 heavy (non-hydrogen) atoms. The molecule has 0 aliphatic heterocycles. The molecule has 0 unspecified atom stereocenters. The zero-order valence-electron chi connectivity index (χ0n) is 15.3. The van der Waals surface area contributed by atoms with Gasteiger partial charge in [-0.3, -0.25) is 4.90 Å². The molecule has 0 heterocycles. The monoisotopic (exact) mass is 359 g/mol. The molecule has 0 aromatic heterocycles. The summed E-state index contributed by atoms with van der Waals surface area (Å²) in [5.41, 5.74) is 1.24. The second-order valence-electron chi connectivity index (χ2n) is 7.18. The molecule has 0 radical (unpaired) electrons. The number of benzene rings is 2. The molecule has 3 rings (SSSR count). The highest BCUT2D eigenvalue weighted by molar-refractivity contribution is 5.17. The molecule has 140 valence electrons. The van der Waals surface area contributed by atoms with Crippen molar-refractivity contribution in [3.63, 3.8) is 0 Å². The van der Waals surface area contributed by atoms with Gasteiger partial charge in [-0.1, -0.05) is 60.7 Å². The molecule has 1 fully saturated rings. The number of hydrogen-bond acceptors (Lipinski definition) is 2. The molecule has 0 spiro atoms. The summed E-state index contributed by atoms with van der Waals surface area (Å²) in [6, 6.07) is 21.0. The van der Waals surface area contributed by atoms with E-state index in [0.29, 0.717) is 12.8 Å². The quantitative estimate of drug-likeness (QED) is 0.667. The summed E-state index contributed by atoms with van der Waals surface area (Å²) >= 11 is 0. The van der Waals surface area contributed by atoms with Crippen molar-refractivity contribution in [1.82, 2.24) is 4.90 Å². The average Bonchev–Trinajstić information content (AvgIpc) is 2.69. The first-order valence-electron chi connectivity index (χ1n) is 9.28. The Bertz CT molecular complexity index is 613. The summed E-state index contributed by atoms with van der Waals surface area (Å²) in [5, 5.41) is 0. The fourth-order valence-corrected chi connectivity index (χ4v) is 3.92. The molecule has 2 nitrogen and oxygen atoms in total. The number of ether oxygens (including phenoxy) is 1. The molecule has 4 heteroatoms. The van der Waals surface area contributed by atoms with Crippen molar-refractivity contribution in [2.45, 2.75) is 56.8 Å². The van der Waals surface area contributed by atoms with Crippen LogP contribution in [0.5, 0.6) is 0 Å². The normalized spacial score (nSPS) is 23.5. The molecule has 1 aliphatic carbocycles. The first-order valence-corrected chi connectivity index (χ1v) is 9.28. The van der Waals surface area contributed by atoms with E-state index >= 15 is 0 Å². The lowest BCUT2D eigenvalue weighted by atomic mass is 9.81. The molecule has 0 atom stereocenters. The number of methoxy groups -OCH3 is 1. The summed E-state index contributed by atoms with van der Waals surface area (Å²) in [4.78, 5) is 2.43. The fourth-order valence-electron chi connectivity index (χ4n) is 3.92. The van der Waals surface area contributed by atoms with Crippen molar-refractivity contribution in [2.75, 3.05) is 7.11 Å². The number of halogens is 2. The standard InChI is InChI=1S/C22H27F2NO/c1-26-22(21(23)24)14-12-20(13-15-22)25(16-18-8-4-2-5-9-18)17-19-10-6-3-7-11-19/h2-11,20-21H,12-17H2,1H3. The van der Waals surface area contributed by atoms with Crippen molar-refractivity contribution >= 4 is 0 Å². The lowest BCUT2D eigenvalue weighted by Gasteiger charge is -2.42. The molecule has 0 N–H and O–H groups in total. The zero-order chi connectivity index (χ0) is 18.4. The van der Waals surface area contributed by atoms with Gasteiger partial charge in [-0.15, -0.1) is 0 Å². The Morgan fingerprint density at radius 1 is 0.923 bits per heavy atom. The lowest BCUT2D eigenvalue weighted by molar-refractivity contribution is -0.147. The minimum absolute atomic E-state index is 0.289. The number of hydrogen-bond donors (Lipinski definition) is 0. The maximum Gasteiger partial charge on any atom is 0.267 e. The Labute approximate surface area is 154 Å². The van der Waals surface area contributed by atoms with Gasteiger partial charge >= 0.3 is 0 Å². The van der Waals surface area contributed by atoms with Gasteiger partial charge in [0.15, 0.2) is 0 Å². The van der Waals surface area contributed by atoms with Gasteiger partial charge in [-0.2, -0.15) is 0 Å². The van der Waals surface area contributed by atoms with E-state index in [-0.39, 0.29) is 6.04 Å². The van der Waals surface area contributed by atoms with E-state index in [2.05, 4.69) is 29.2 Å².